The number of aryl methyl sites for hydroxylation is 1. The molecule has 5 heteroatoms. The van der Waals surface area contributed by atoms with Crippen LogP contribution >= 0.6 is 0 Å². The molecule has 0 aliphatic rings. The molecule has 0 radical (unpaired) electrons. The van der Waals surface area contributed by atoms with E-state index in [0.717, 1.165) is 41.2 Å². The molecule has 0 fully saturated rings. The molecule has 5 nitrogen and oxygen atoms in total. The first-order valence-electron chi connectivity index (χ1n) is 6.61. The summed E-state index contributed by atoms with van der Waals surface area (Å²) in [4.78, 5) is 11.7. The summed E-state index contributed by atoms with van der Waals surface area (Å²) < 4.78 is 0. The zero-order valence-corrected chi connectivity index (χ0v) is 11.4. The maximum absolute atomic E-state index is 5.75. The van der Waals surface area contributed by atoms with Gasteiger partial charge in [0.15, 0.2) is 0 Å². The van der Waals surface area contributed by atoms with Crippen LogP contribution in [0.4, 0.5) is 11.5 Å². The molecule has 0 amide bonds. The third-order valence-corrected chi connectivity index (χ3v) is 3.33. The lowest BCUT2D eigenvalue weighted by molar-refractivity contribution is 1.00. The quantitative estimate of drug-likeness (QED) is 0.678. The molecule has 0 aliphatic carbocycles. The first-order valence-corrected chi connectivity index (χ1v) is 6.61. The molecule has 0 atom stereocenters. The summed E-state index contributed by atoms with van der Waals surface area (Å²) in [5, 5.41) is 3.31. The second-order valence-electron chi connectivity index (χ2n) is 4.80. The highest BCUT2D eigenvalue weighted by atomic mass is 15.0. The van der Waals surface area contributed by atoms with Crippen molar-refractivity contribution in [2.45, 2.75) is 13.3 Å². The number of imidazole rings is 1. The van der Waals surface area contributed by atoms with Crippen LogP contribution in [0.3, 0.4) is 0 Å². The van der Waals surface area contributed by atoms with E-state index in [1.165, 1.54) is 5.56 Å². The number of nitrogens with two attached hydrogens (primary N) is 1. The fourth-order valence-corrected chi connectivity index (χ4v) is 2.14. The maximum atomic E-state index is 5.75. The Labute approximate surface area is 117 Å². The van der Waals surface area contributed by atoms with Crippen LogP contribution in [0.25, 0.3) is 11.0 Å². The normalized spacial score (nSPS) is 10.8. The highest BCUT2D eigenvalue weighted by Crippen LogP contribution is 2.14. The number of nitrogens with zero attached hydrogens (tertiary/aromatic N) is 2. The largest absolute Gasteiger partial charge is 0.397 e. The van der Waals surface area contributed by atoms with Gasteiger partial charge < -0.3 is 16.0 Å². The molecule has 2 heterocycles. The van der Waals surface area contributed by atoms with Crippen molar-refractivity contribution in [2.24, 2.45) is 0 Å². The average molecular weight is 267 g/mol. The van der Waals surface area contributed by atoms with Crippen molar-refractivity contribution >= 4 is 22.5 Å². The van der Waals surface area contributed by atoms with Gasteiger partial charge in [-0.15, -0.1) is 0 Å². The van der Waals surface area contributed by atoms with Crippen LogP contribution in [-0.2, 0) is 6.42 Å². The molecule has 2 aromatic heterocycles. The Morgan fingerprint density at radius 2 is 2.15 bits per heavy atom. The standard InChI is InChI=1S/C15H17N5/c1-10-12(16)3-5-15(20-10)17-7-6-11-2-4-13-14(8-11)19-9-18-13/h2-5,8-9H,6-7,16H2,1H3,(H,17,20)(H,18,19). The van der Waals surface area contributed by atoms with Crippen LogP contribution < -0.4 is 11.1 Å². The fourth-order valence-electron chi connectivity index (χ4n) is 2.14. The number of nitrogen functional groups attached to an aromatic ring is 1. The van der Waals surface area contributed by atoms with Gasteiger partial charge in [-0.2, -0.15) is 0 Å². The molecular weight excluding hydrogens is 250 g/mol. The van der Waals surface area contributed by atoms with Gasteiger partial charge in [-0.3, -0.25) is 0 Å². The number of fused-ring (bicyclic) bond motifs is 1. The van der Waals surface area contributed by atoms with Crippen molar-refractivity contribution in [2.75, 3.05) is 17.6 Å². The summed E-state index contributed by atoms with van der Waals surface area (Å²) in [5.74, 6) is 0.860. The van der Waals surface area contributed by atoms with Gasteiger partial charge in [0.05, 0.1) is 28.7 Å². The van der Waals surface area contributed by atoms with Crippen molar-refractivity contribution < 1.29 is 0 Å². The van der Waals surface area contributed by atoms with E-state index in [2.05, 4.69) is 32.4 Å². The number of aromatic nitrogens is 3. The van der Waals surface area contributed by atoms with Crippen LogP contribution in [-0.4, -0.2) is 21.5 Å². The fraction of sp³-hybridized carbons (Fsp3) is 0.200. The van der Waals surface area contributed by atoms with Gasteiger partial charge in [-0.05, 0) is 43.2 Å². The van der Waals surface area contributed by atoms with E-state index < -0.39 is 0 Å². The van der Waals surface area contributed by atoms with E-state index in [-0.39, 0.29) is 0 Å². The Morgan fingerprint density at radius 3 is 3.00 bits per heavy atom. The molecule has 102 valence electrons. The Balaban J connectivity index is 1.62. The van der Waals surface area contributed by atoms with Crippen LogP contribution in [0.15, 0.2) is 36.7 Å². The molecule has 0 saturated heterocycles. The third-order valence-electron chi connectivity index (χ3n) is 3.33. The zero-order chi connectivity index (χ0) is 13.9. The van der Waals surface area contributed by atoms with Crippen molar-refractivity contribution in [3.8, 4) is 0 Å². The van der Waals surface area contributed by atoms with Gasteiger partial charge in [0.2, 0.25) is 0 Å². The summed E-state index contributed by atoms with van der Waals surface area (Å²) in [6, 6.07) is 10.0. The van der Waals surface area contributed by atoms with E-state index in [4.69, 9.17) is 5.73 Å². The molecule has 0 bridgehead atoms. The summed E-state index contributed by atoms with van der Waals surface area (Å²) in [5.41, 5.74) is 10.7. The maximum Gasteiger partial charge on any atom is 0.126 e. The van der Waals surface area contributed by atoms with E-state index >= 15 is 0 Å². The monoisotopic (exact) mass is 267 g/mol. The van der Waals surface area contributed by atoms with Crippen molar-refractivity contribution in [1.29, 1.82) is 0 Å². The van der Waals surface area contributed by atoms with Gasteiger partial charge in [-0.25, -0.2) is 9.97 Å². The predicted octanol–water partition coefficient (Wildman–Crippen LogP) is 2.50. The highest BCUT2D eigenvalue weighted by molar-refractivity contribution is 5.75. The number of rotatable bonds is 4. The summed E-state index contributed by atoms with van der Waals surface area (Å²) in [6.07, 6.45) is 2.65. The summed E-state index contributed by atoms with van der Waals surface area (Å²) in [6.45, 7) is 2.74. The molecule has 0 spiro atoms. The lowest BCUT2D eigenvalue weighted by atomic mass is 10.1. The highest BCUT2D eigenvalue weighted by Gasteiger charge is 2.00. The minimum Gasteiger partial charge on any atom is -0.397 e. The first-order chi connectivity index (χ1) is 9.72. The van der Waals surface area contributed by atoms with Gasteiger partial charge in [0.25, 0.3) is 0 Å². The van der Waals surface area contributed by atoms with Crippen molar-refractivity contribution in [3.63, 3.8) is 0 Å². The molecule has 1 aromatic carbocycles. The zero-order valence-electron chi connectivity index (χ0n) is 11.4. The molecule has 0 unspecified atom stereocenters. The predicted molar refractivity (Wildman–Crippen MR) is 81.7 cm³/mol. The number of nitrogens with one attached hydrogen (secondary N) is 2. The summed E-state index contributed by atoms with van der Waals surface area (Å²) >= 11 is 0. The molecule has 4 N–H and O–H groups in total. The number of aromatic amines is 1. The first kappa shape index (κ1) is 12.5. The molecule has 0 aliphatic heterocycles. The molecule has 0 saturated carbocycles. The number of anilines is 2. The van der Waals surface area contributed by atoms with Crippen LogP contribution in [0.1, 0.15) is 11.3 Å². The third kappa shape index (κ3) is 2.56. The van der Waals surface area contributed by atoms with Crippen LogP contribution in [0.2, 0.25) is 0 Å². The average Bonchev–Trinajstić information content (AvgIpc) is 2.90. The van der Waals surface area contributed by atoms with Gasteiger partial charge in [-0.1, -0.05) is 6.07 Å². The minimum absolute atomic E-state index is 0.722. The van der Waals surface area contributed by atoms with E-state index in [1.54, 1.807) is 6.33 Å². The van der Waals surface area contributed by atoms with E-state index in [0.29, 0.717) is 0 Å². The number of hydrogen-bond acceptors (Lipinski definition) is 4. The molecule has 3 aromatic rings. The topological polar surface area (TPSA) is 79.6 Å². The second-order valence-corrected chi connectivity index (χ2v) is 4.80. The minimum atomic E-state index is 0.722. The number of pyridine rings is 1. The summed E-state index contributed by atoms with van der Waals surface area (Å²) in [7, 11) is 0. The second kappa shape index (κ2) is 5.21. The van der Waals surface area contributed by atoms with Gasteiger partial charge in [0, 0.05) is 6.54 Å². The van der Waals surface area contributed by atoms with Crippen molar-refractivity contribution in [1.82, 2.24) is 15.0 Å². The Kier molecular flexibility index (Phi) is 3.25. The molecule has 20 heavy (non-hydrogen) atoms. The number of H-pyrrole nitrogens is 1. The van der Waals surface area contributed by atoms with Crippen molar-refractivity contribution in [3.05, 3.63) is 47.9 Å². The van der Waals surface area contributed by atoms with E-state index in [9.17, 15) is 0 Å². The smallest absolute Gasteiger partial charge is 0.126 e. The Hall–Kier alpha value is -2.56. The lowest BCUT2D eigenvalue weighted by Crippen LogP contribution is -2.07. The SMILES string of the molecule is Cc1nc(NCCc2ccc3nc[nH]c3c2)ccc1N. The van der Waals surface area contributed by atoms with Crippen LogP contribution in [0.5, 0.6) is 0 Å². The number of hydrogen-bond donors (Lipinski definition) is 3. The molecule has 3 rings (SSSR count). The number of benzene rings is 1. The molecular formula is C15H17N5. The lowest BCUT2D eigenvalue weighted by Gasteiger charge is -2.07. The van der Waals surface area contributed by atoms with Crippen LogP contribution in [0, 0.1) is 6.92 Å². The van der Waals surface area contributed by atoms with E-state index in [1.807, 2.05) is 25.1 Å². The Morgan fingerprint density at radius 1 is 1.25 bits per heavy atom. The van der Waals surface area contributed by atoms with Gasteiger partial charge in [0.1, 0.15) is 5.82 Å². The van der Waals surface area contributed by atoms with Gasteiger partial charge >= 0.3 is 0 Å². The Bertz CT molecular complexity index is 732.